The third-order valence-electron chi connectivity index (χ3n) is 5.02. The van der Waals surface area contributed by atoms with E-state index in [1.807, 2.05) is 42.6 Å². The summed E-state index contributed by atoms with van der Waals surface area (Å²) in [6.07, 6.45) is 4.62. The topological polar surface area (TPSA) is 57.3 Å². The molecule has 1 unspecified atom stereocenters. The molecule has 3 rings (SSSR count). The molecule has 1 saturated heterocycles. The van der Waals surface area contributed by atoms with Gasteiger partial charge < -0.3 is 15.5 Å². The van der Waals surface area contributed by atoms with Gasteiger partial charge in [-0.2, -0.15) is 0 Å². The van der Waals surface area contributed by atoms with Crippen molar-refractivity contribution in [3.8, 4) is 0 Å². The molecule has 0 spiro atoms. The molecule has 0 bridgehead atoms. The monoisotopic (exact) mass is 366 g/mol. The van der Waals surface area contributed by atoms with E-state index >= 15 is 0 Å². The summed E-state index contributed by atoms with van der Waals surface area (Å²) in [5.41, 5.74) is 1.16. The largest absolute Gasteiger partial charge is 0.356 e. The van der Waals surface area contributed by atoms with Crippen LogP contribution in [0.1, 0.15) is 44.7 Å². The number of urea groups is 1. The Morgan fingerprint density at radius 2 is 1.81 bits per heavy atom. The number of nitrogens with zero attached hydrogens (tertiary/aromatic N) is 2. The molecule has 144 valence electrons. The van der Waals surface area contributed by atoms with Gasteiger partial charge in [0.2, 0.25) is 0 Å². The minimum Gasteiger partial charge on any atom is -0.356 e. The Bertz CT molecular complexity index is 697. The number of hydrogen-bond donors (Lipinski definition) is 2. The molecule has 1 aromatic heterocycles. The maximum absolute atomic E-state index is 12.6. The number of benzene rings is 1. The van der Waals surface area contributed by atoms with E-state index in [1.165, 1.54) is 0 Å². The Morgan fingerprint density at radius 3 is 2.44 bits per heavy atom. The zero-order valence-corrected chi connectivity index (χ0v) is 16.3. The van der Waals surface area contributed by atoms with Crippen molar-refractivity contribution in [1.29, 1.82) is 0 Å². The fourth-order valence-electron chi connectivity index (χ4n) is 3.61. The summed E-state index contributed by atoms with van der Waals surface area (Å²) in [7, 11) is 0. The lowest BCUT2D eigenvalue weighted by Gasteiger charge is -2.33. The molecule has 1 atom stereocenters. The average Bonchev–Trinajstić information content (AvgIpc) is 2.69. The number of anilines is 1. The quantitative estimate of drug-likeness (QED) is 0.808. The van der Waals surface area contributed by atoms with Crippen LogP contribution in [0, 0.1) is 5.92 Å². The Labute approximate surface area is 162 Å². The summed E-state index contributed by atoms with van der Waals surface area (Å²) in [5, 5.41) is 6.35. The maximum Gasteiger partial charge on any atom is 0.315 e. The molecule has 1 aromatic carbocycles. The van der Waals surface area contributed by atoms with Crippen LogP contribution in [0.5, 0.6) is 0 Å². The van der Waals surface area contributed by atoms with Crippen LogP contribution in [0.25, 0.3) is 0 Å². The van der Waals surface area contributed by atoms with Gasteiger partial charge in [-0.05, 0) is 42.9 Å². The summed E-state index contributed by atoms with van der Waals surface area (Å²) in [6, 6.07) is 16.4. The zero-order valence-electron chi connectivity index (χ0n) is 16.3. The molecule has 5 nitrogen and oxygen atoms in total. The summed E-state index contributed by atoms with van der Waals surface area (Å²) in [6.45, 7) is 6.19. The molecule has 2 heterocycles. The van der Waals surface area contributed by atoms with Gasteiger partial charge in [0.1, 0.15) is 5.82 Å². The molecule has 27 heavy (non-hydrogen) atoms. The predicted molar refractivity (Wildman–Crippen MR) is 110 cm³/mol. The van der Waals surface area contributed by atoms with E-state index in [0.29, 0.717) is 5.92 Å². The Morgan fingerprint density at radius 1 is 1.11 bits per heavy atom. The molecule has 5 heteroatoms. The van der Waals surface area contributed by atoms with Crippen molar-refractivity contribution in [3.05, 3.63) is 60.3 Å². The standard InChI is InChI=1S/C22H30N4O/c1-17(2)16-20(18-8-4-3-5-9-18)25-22(27)24-19-11-14-26(15-12-19)21-10-6-7-13-23-21/h3-10,13,17,19-20H,11-12,14-16H2,1-2H3,(H2,24,25,27). The number of carbonyl (C=O) groups is 1. The summed E-state index contributed by atoms with van der Waals surface area (Å²) < 4.78 is 0. The fourth-order valence-corrected chi connectivity index (χ4v) is 3.61. The highest BCUT2D eigenvalue weighted by molar-refractivity contribution is 5.74. The molecule has 1 aliphatic rings. The van der Waals surface area contributed by atoms with Crippen LogP contribution in [0.4, 0.5) is 10.6 Å². The highest BCUT2D eigenvalue weighted by atomic mass is 16.2. The van der Waals surface area contributed by atoms with Crippen molar-refractivity contribution in [3.63, 3.8) is 0 Å². The predicted octanol–water partition coefficient (Wildman–Crippen LogP) is 4.14. The smallest absolute Gasteiger partial charge is 0.315 e. The van der Waals surface area contributed by atoms with Gasteiger partial charge >= 0.3 is 6.03 Å². The van der Waals surface area contributed by atoms with Crippen LogP contribution in [0.3, 0.4) is 0 Å². The molecule has 1 fully saturated rings. The van der Waals surface area contributed by atoms with Gasteiger partial charge in [-0.25, -0.2) is 9.78 Å². The van der Waals surface area contributed by atoms with Crippen LogP contribution < -0.4 is 15.5 Å². The highest BCUT2D eigenvalue weighted by Crippen LogP contribution is 2.21. The van der Waals surface area contributed by atoms with Crippen LogP contribution in [-0.2, 0) is 0 Å². The molecule has 2 N–H and O–H groups in total. The Balaban J connectivity index is 1.51. The van der Waals surface area contributed by atoms with Crippen LogP contribution >= 0.6 is 0 Å². The van der Waals surface area contributed by atoms with E-state index in [0.717, 1.165) is 43.7 Å². The summed E-state index contributed by atoms with van der Waals surface area (Å²) in [5.74, 6) is 1.53. The number of amides is 2. The van der Waals surface area contributed by atoms with Crippen molar-refractivity contribution < 1.29 is 4.79 Å². The molecule has 2 amide bonds. The van der Waals surface area contributed by atoms with Gasteiger partial charge in [-0.15, -0.1) is 0 Å². The van der Waals surface area contributed by atoms with Gasteiger partial charge in [-0.1, -0.05) is 50.2 Å². The lowest BCUT2D eigenvalue weighted by molar-refractivity contribution is 0.228. The van der Waals surface area contributed by atoms with E-state index in [4.69, 9.17) is 0 Å². The lowest BCUT2D eigenvalue weighted by atomic mass is 9.97. The third kappa shape index (κ3) is 5.71. The zero-order chi connectivity index (χ0) is 19.1. The number of rotatable bonds is 6. The van der Waals surface area contributed by atoms with Gasteiger partial charge in [-0.3, -0.25) is 0 Å². The molecule has 1 aliphatic heterocycles. The maximum atomic E-state index is 12.6. The number of piperidine rings is 1. The molecular formula is C22H30N4O. The van der Waals surface area contributed by atoms with Gasteiger partial charge in [0, 0.05) is 25.3 Å². The summed E-state index contributed by atoms with van der Waals surface area (Å²) >= 11 is 0. The van der Waals surface area contributed by atoms with E-state index in [-0.39, 0.29) is 18.1 Å². The van der Waals surface area contributed by atoms with Crippen molar-refractivity contribution in [1.82, 2.24) is 15.6 Å². The van der Waals surface area contributed by atoms with Crippen LogP contribution in [0.2, 0.25) is 0 Å². The number of hydrogen-bond acceptors (Lipinski definition) is 3. The number of nitrogens with one attached hydrogen (secondary N) is 2. The normalized spacial score (nSPS) is 16.2. The number of carbonyl (C=O) groups excluding carboxylic acids is 1. The molecule has 0 aliphatic carbocycles. The van der Waals surface area contributed by atoms with Gasteiger partial charge in [0.15, 0.2) is 0 Å². The second-order valence-electron chi connectivity index (χ2n) is 7.66. The van der Waals surface area contributed by atoms with E-state index in [2.05, 4.69) is 46.5 Å². The van der Waals surface area contributed by atoms with Crippen molar-refractivity contribution in [2.75, 3.05) is 18.0 Å². The SMILES string of the molecule is CC(C)CC(NC(=O)NC1CCN(c2ccccn2)CC1)c1ccccc1. The molecule has 2 aromatic rings. The van der Waals surface area contributed by atoms with Crippen LogP contribution in [0.15, 0.2) is 54.7 Å². The third-order valence-corrected chi connectivity index (χ3v) is 5.02. The number of aromatic nitrogens is 1. The first kappa shape index (κ1) is 19.2. The van der Waals surface area contributed by atoms with E-state index < -0.39 is 0 Å². The molecule has 0 radical (unpaired) electrons. The highest BCUT2D eigenvalue weighted by Gasteiger charge is 2.23. The van der Waals surface area contributed by atoms with Crippen LogP contribution in [-0.4, -0.2) is 30.1 Å². The fraction of sp³-hybridized carbons (Fsp3) is 0.455. The second kappa shape index (κ2) is 9.40. The lowest BCUT2D eigenvalue weighted by Crippen LogP contribution is -2.48. The average molecular weight is 367 g/mol. The summed E-state index contributed by atoms with van der Waals surface area (Å²) in [4.78, 5) is 19.3. The minimum absolute atomic E-state index is 0.0415. The van der Waals surface area contributed by atoms with E-state index in [9.17, 15) is 4.79 Å². The van der Waals surface area contributed by atoms with Crippen molar-refractivity contribution in [2.45, 2.75) is 45.2 Å². The van der Waals surface area contributed by atoms with Gasteiger partial charge in [0.05, 0.1) is 6.04 Å². The molecule has 0 saturated carbocycles. The van der Waals surface area contributed by atoms with E-state index in [1.54, 1.807) is 0 Å². The Hall–Kier alpha value is -2.56. The first-order valence-corrected chi connectivity index (χ1v) is 9.90. The van der Waals surface area contributed by atoms with Gasteiger partial charge in [0.25, 0.3) is 0 Å². The minimum atomic E-state index is -0.0687. The van der Waals surface area contributed by atoms with Crippen molar-refractivity contribution >= 4 is 11.8 Å². The van der Waals surface area contributed by atoms with Crippen molar-refractivity contribution in [2.24, 2.45) is 5.92 Å². The second-order valence-corrected chi connectivity index (χ2v) is 7.66. The molecular weight excluding hydrogens is 336 g/mol. The first-order chi connectivity index (χ1) is 13.1. The number of pyridine rings is 1. The Kier molecular flexibility index (Phi) is 6.69. The first-order valence-electron chi connectivity index (χ1n) is 9.90.